The molecule has 0 spiro atoms. The minimum absolute atomic E-state index is 0.0752. The molecule has 2 bridgehead atoms. The van der Waals surface area contributed by atoms with Gasteiger partial charge in [0.2, 0.25) is 0 Å². The van der Waals surface area contributed by atoms with Gasteiger partial charge in [-0.05, 0) is 39.2 Å². The second-order valence-electron chi connectivity index (χ2n) is 8.31. The Morgan fingerprint density at radius 2 is 1.85 bits per heavy atom. The predicted molar refractivity (Wildman–Crippen MR) is 98.9 cm³/mol. The number of hydrogen-bond donors (Lipinski definition) is 1. The third kappa shape index (κ3) is 3.66. The van der Waals surface area contributed by atoms with Crippen LogP contribution in [0.2, 0.25) is 0 Å². The summed E-state index contributed by atoms with van der Waals surface area (Å²) < 4.78 is 5.64. The molecule has 2 aliphatic rings. The lowest BCUT2D eigenvalue weighted by Crippen LogP contribution is -2.57. The summed E-state index contributed by atoms with van der Waals surface area (Å²) in [6, 6.07) is 10.4. The molecule has 0 aliphatic carbocycles. The predicted octanol–water partition coefficient (Wildman–Crippen LogP) is 2.37. The highest BCUT2D eigenvalue weighted by Crippen LogP contribution is 2.36. The number of piperazine rings is 1. The first-order valence-corrected chi connectivity index (χ1v) is 9.46. The molecule has 1 unspecified atom stereocenters. The summed E-state index contributed by atoms with van der Waals surface area (Å²) in [5.41, 5.74) is 0.647. The number of carbonyl (C=O) groups excluding carboxylic acids is 1. The lowest BCUT2D eigenvalue weighted by atomic mass is 10.0. The number of ether oxygens (including phenoxy) is 1. The molecule has 27 heavy (non-hydrogen) atoms. The van der Waals surface area contributed by atoms with Gasteiger partial charge in [0.15, 0.2) is 5.82 Å². The molecule has 1 amide bonds. The highest BCUT2D eigenvalue weighted by Gasteiger charge is 2.46. The van der Waals surface area contributed by atoms with Crippen LogP contribution in [0.3, 0.4) is 0 Å². The van der Waals surface area contributed by atoms with Gasteiger partial charge in [0.25, 0.3) is 0 Å². The van der Waals surface area contributed by atoms with Crippen LogP contribution in [0, 0.1) is 0 Å². The smallest absolute Gasteiger partial charge is 0.410 e. The lowest BCUT2D eigenvalue weighted by Gasteiger charge is -2.43. The van der Waals surface area contributed by atoms with Gasteiger partial charge >= 0.3 is 6.09 Å². The van der Waals surface area contributed by atoms with Crippen LogP contribution in [0.25, 0.3) is 0 Å². The summed E-state index contributed by atoms with van der Waals surface area (Å²) in [6.07, 6.45) is 1.79. The molecule has 1 N–H and O–H groups in total. The molecule has 2 fully saturated rings. The maximum Gasteiger partial charge on any atom is 0.410 e. The number of likely N-dealkylation sites (tertiary alicyclic amines) is 1. The zero-order valence-electron chi connectivity index (χ0n) is 16.0. The first kappa shape index (κ1) is 17.9. The Bertz CT molecular complexity index is 759. The van der Waals surface area contributed by atoms with Gasteiger partial charge in [-0.25, -0.2) is 4.79 Å². The number of fused-ring (bicyclic) bond motifs is 2. The van der Waals surface area contributed by atoms with E-state index in [0.717, 1.165) is 31.5 Å². The van der Waals surface area contributed by atoms with E-state index in [4.69, 9.17) is 4.74 Å². The zero-order chi connectivity index (χ0) is 19.0. The average Bonchev–Trinajstić information content (AvgIpc) is 3.21. The first-order valence-electron chi connectivity index (χ1n) is 9.46. The van der Waals surface area contributed by atoms with Gasteiger partial charge in [-0.1, -0.05) is 35.5 Å². The molecule has 2 saturated heterocycles. The van der Waals surface area contributed by atoms with Crippen LogP contribution >= 0.6 is 0 Å². The van der Waals surface area contributed by atoms with Crippen molar-refractivity contribution in [1.29, 1.82) is 0 Å². The van der Waals surface area contributed by atoms with Gasteiger partial charge in [-0.3, -0.25) is 9.80 Å². The van der Waals surface area contributed by atoms with Crippen molar-refractivity contribution in [3.8, 4) is 0 Å². The van der Waals surface area contributed by atoms with Crippen LogP contribution in [0.1, 0.15) is 51.0 Å². The number of aromatic amines is 1. The molecule has 144 valence electrons. The second kappa shape index (κ2) is 6.92. The topological polar surface area (TPSA) is 87.2 Å². The Morgan fingerprint density at radius 3 is 2.41 bits per heavy atom. The van der Waals surface area contributed by atoms with Crippen LogP contribution in [-0.4, -0.2) is 67.3 Å². The average molecular weight is 370 g/mol. The fourth-order valence-electron chi connectivity index (χ4n) is 4.20. The van der Waals surface area contributed by atoms with Crippen LogP contribution in [0.15, 0.2) is 30.3 Å². The number of H-pyrrole nitrogens is 1. The maximum atomic E-state index is 12.7. The Hall–Kier alpha value is -2.48. The number of nitrogens with zero attached hydrogens (tertiary/aromatic N) is 5. The molecular formula is C19H26N6O2. The summed E-state index contributed by atoms with van der Waals surface area (Å²) in [6.45, 7) is 7.26. The van der Waals surface area contributed by atoms with E-state index in [2.05, 4.69) is 37.7 Å². The summed E-state index contributed by atoms with van der Waals surface area (Å²) in [5, 5.41) is 14.8. The van der Waals surface area contributed by atoms with Crippen molar-refractivity contribution < 1.29 is 9.53 Å². The molecule has 2 aromatic rings. The minimum Gasteiger partial charge on any atom is -0.444 e. The maximum absolute atomic E-state index is 12.7. The van der Waals surface area contributed by atoms with Crippen molar-refractivity contribution in [3.63, 3.8) is 0 Å². The Morgan fingerprint density at radius 1 is 1.19 bits per heavy atom. The number of carbonyl (C=O) groups is 1. The van der Waals surface area contributed by atoms with Crippen molar-refractivity contribution in [2.24, 2.45) is 0 Å². The molecule has 8 heteroatoms. The second-order valence-corrected chi connectivity index (χ2v) is 8.31. The summed E-state index contributed by atoms with van der Waals surface area (Å²) in [4.78, 5) is 17.0. The highest BCUT2D eigenvalue weighted by molar-refractivity contribution is 5.69. The molecule has 0 radical (unpaired) electrons. The number of rotatable bonds is 3. The van der Waals surface area contributed by atoms with Crippen LogP contribution in [-0.2, 0) is 4.74 Å². The SMILES string of the molecule is CC(C)(C)OC(=O)N1[C@@H]2CC[C@H]1CN(C(c1ccccc1)c1nn[nH]n1)C2. The number of benzene rings is 1. The third-order valence-electron chi connectivity index (χ3n) is 5.20. The molecule has 2 aliphatic heterocycles. The van der Waals surface area contributed by atoms with Gasteiger partial charge < -0.3 is 4.74 Å². The van der Waals surface area contributed by atoms with Crippen LogP contribution < -0.4 is 0 Å². The quantitative estimate of drug-likeness (QED) is 0.892. The molecule has 0 saturated carbocycles. The van der Waals surface area contributed by atoms with Crippen LogP contribution in [0.4, 0.5) is 4.79 Å². The minimum atomic E-state index is -0.481. The van der Waals surface area contributed by atoms with Crippen molar-refractivity contribution in [2.75, 3.05) is 13.1 Å². The molecule has 8 nitrogen and oxygen atoms in total. The molecular weight excluding hydrogens is 344 g/mol. The third-order valence-corrected chi connectivity index (χ3v) is 5.20. The molecule has 1 aromatic heterocycles. The van der Waals surface area contributed by atoms with Crippen molar-refractivity contribution >= 4 is 6.09 Å². The van der Waals surface area contributed by atoms with Gasteiger partial charge in [-0.2, -0.15) is 5.21 Å². The number of aromatic nitrogens is 4. The molecule has 4 rings (SSSR count). The van der Waals surface area contributed by atoms with E-state index >= 15 is 0 Å². The van der Waals surface area contributed by atoms with Crippen molar-refractivity contribution in [3.05, 3.63) is 41.7 Å². The molecule has 3 atom stereocenters. The van der Waals surface area contributed by atoms with Crippen molar-refractivity contribution in [1.82, 2.24) is 30.4 Å². The Balaban J connectivity index is 1.57. The largest absolute Gasteiger partial charge is 0.444 e. The Labute approximate surface area is 158 Å². The monoisotopic (exact) mass is 370 g/mol. The summed E-state index contributed by atoms with van der Waals surface area (Å²) in [7, 11) is 0. The fourth-order valence-corrected chi connectivity index (χ4v) is 4.20. The summed E-state index contributed by atoms with van der Waals surface area (Å²) >= 11 is 0. The van der Waals surface area contributed by atoms with E-state index in [1.54, 1.807) is 0 Å². The standard InChI is InChI=1S/C19H26N6O2/c1-19(2,3)27-18(26)25-14-9-10-15(25)12-24(11-14)16(17-20-22-23-21-17)13-7-5-4-6-8-13/h4-8,14-16H,9-12H2,1-3H3,(H,20,21,22,23)/t14-,15+,16?. The van der Waals surface area contributed by atoms with E-state index in [1.807, 2.05) is 43.9 Å². The molecule has 1 aromatic carbocycles. The number of nitrogens with one attached hydrogen (secondary N) is 1. The van der Waals surface area contributed by atoms with Gasteiger partial charge in [-0.15, -0.1) is 10.2 Å². The van der Waals surface area contributed by atoms with Gasteiger partial charge in [0.05, 0.1) is 6.04 Å². The Kier molecular flexibility index (Phi) is 4.59. The number of hydrogen-bond acceptors (Lipinski definition) is 6. The normalized spacial score (nSPS) is 24.0. The van der Waals surface area contributed by atoms with E-state index in [1.165, 1.54) is 0 Å². The summed E-state index contributed by atoms with van der Waals surface area (Å²) in [5.74, 6) is 0.659. The molecule has 3 heterocycles. The highest BCUT2D eigenvalue weighted by atomic mass is 16.6. The first-order chi connectivity index (χ1) is 12.9. The lowest BCUT2D eigenvalue weighted by molar-refractivity contribution is -0.00900. The number of amides is 1. The van der Waals surface area contributed by atoms with E-state index in [9.17, 15) is 4.79 Å². The van der Waals surface area contributed by atoms with E-state index < -0.39 is 5.60 Å². The van der Waals surface area contributed by atoms with Crippen molar-refractivity contribution in [2.45, 2.75) is 57.3 Å². The van der Waals surface area contributed by atoms with Crippen LogP contribution in [0.5, 0.6) is 0 Å². The fraction of sp³-hybridized carbons (Fsp3) is 0.579. The van der Waals surface area contributed by atoms with E-state index in [0.29, 0.717) is 5.82 Å². The number of tetrazole rings is 1. The van der Waals surface area contributed by atoms with E-state index in [-0.39, 0.29) is 24.2 Å². The zero-order valence-corrected chi connectivity index (χ0v) is 16.0. The van der Waals surface area contributed by atoms with Gasteiger partial charge in [0.1, 0.15) is 5.60 Å². The van der Waals surface area contributed by atoms with Gasteiger partial charge in [0, 0.05) is 25.2 Å².